The smallest absolute Gasteiger partial charge is 0.323 e. The monoisotopic (exact) mass is 246 g/mol. The highest BCUT2D eigenvalue weighted by atomic mass is 19.4. The molecule has 17 heavy (non-hydrogen) atoms. The summed E-state index contributed by atoms with van der Waals surface area (Å²) in [4.78, 5) is 1.30. The fourth-order valence-electron chi connectivity index (χ4n) is 1.64. The summed E-state index contributed by atoms with van der Waals surface area (Å²) in [6.45, 7) is 1.33. The summed E-state index contributed by atoms with van der Waals surface area (Å²) < 4.78 is 36.8. The van der Waals surface area contributed by atoms with Crippen LogP contribution in [0.3, 0.4) is 0 Å². The Kier molecular flexibility index (Phi) is 4.96. The first-order valence-corrected chi connectivity index (χ1v) is 5.52. The Bertz CT molecular complexity index is 324. The second-order valence-corrected chi connectivity index (χ2v) is 3.96. The molecule has 1 aromatic carbocycles. The molecule has 1 atom stereocenters. The normalized spacial score (nSPS) is 14.0. The predicted molar refractivity (Wildman–Crippen MR) is 61.5 cm³/mol. The molecule has 5 heteroatoms. The molecule has 0 aromatic heterocycles. The van der Waals surface area contributed by atoms with Crippen LogP contribution in [0.4, 0.5) is 13.2 Å². The zero-order valence-corrected chi connectivity index (χ0v) is 9.74. The maximum Gasteiger partial charge on any atom is 0.401 e. The van der Waals surface area contributed by atoms with Crippen molar-refractivity contribution in [3.8, 4) is 0 Å². The van der Waals surface area contributed by atoms with Crippen molar-refractivity contribution in [1.29, 1.82) is 0 Å². The summed E-state index contributed by atoms with van der Waals surface area (Å²) in [6, 6.07) is 8.77. The van der Waals surface area contributed by atoms with Gasteiger partial charge in [-0.2, -0.15) is 13.2 Å². The van der Waals surface area contributed by atoms with E-state index < -0.39 is 18.8 Å². The third-order valence-corrected chi connectivity index (χ3v) is 2.53. The van der Waals surface area contributed by atoms with Crippen molar-refractivity contribution in [1.82, 2.24) is 4.90 Å². The van der Waals surface area contributed by atoms with Gasteiger partial charge in [-0.25, -0.2) is 0 Å². The van der Waals surface area contributed by atoms with Crippen LogP contribution in [0.2, 0.25) is 0 Å². The summed E-state index contributed by atoms with van der Waals surface area (Å²) in [7, 11) is 0. The molecule has 1 unspecified atom stereocenters. The second kappa shape index (κ2) is 6.02. The molecule has 0 fully saturated rings. The molecular formula is C12H17F3N2. The molecule has 1 rings (SSSR count). The van der Waals surface area contributed by atoms with E-state index in [4.69, 9.17) is 5.73 Å². The molecule has 0 saturated heterocycles. The number of benzene rings is 1. The lowest BCUT2D eigenvalue weighted by Gasteiger charge is -2.25. The molecule has 0 aliphatic heterocycles. The topological polar surface area (TPSA) is 29.3 Å². The first-order chi connectivity index (χ1) is 7.92. The maximum absolute atomic E-state index is 12.3. The van der Waals surface area contributed by atoms with Gasteiger partial charge in [-0.1, -0.05) is 37.3 Å². The molecule has 96 valence electrons. The first-order valence-electron chi connectivity index (χ1n) is 5.52. The largest absolute Gasteiger partial charge is 0.401 e. The average molecular weight is 246 g/mol. The van der Waals surface area contributed by atoms with Gasteiger partial charge in [0.1, 0.15) is 0 Å². The van der Waals surface area contributed by atoms with Crippen molar-refractivity contribution in [2.75, 3.05) is 19.6 Å². The van der Waals surface area contributed by atoms with E-state index in [0.717, 1.165) is 5.56 Å². The van der Waals surface area contributed by atoms with Crippen LogP contribution in [-0.4, -0.2) is 30.7 Å². The molecule has 0 spiro atoms. The third kappa shape index (κ3) is 5.19. The van der Waals surface area contributed by atoms with Crippen molar-refractivity contribution in [3.05, 3.63) is 35.9 Å². The lowest BCUT2D eigenvalue weighted by atomic mass is 10.1. The third-order valence-electron chi connectivity index (χ3n) is 2.53. The minimum absolute atomic E-state index is 0.208. The highest BCUT2D eigenvalue weighted by molar-refractivity contribution is 5.18. The van der Waals surface area contributed by atoms with Gasteiger partial charge in [0.05, 0.1) is 6.54 Å². The molecule has 2 nitrogen and oxygen atoms in total. The maximum atomic E-state index is 12.3. The fourth-order valence-corrected chi connectivity index (χ4v) is 1.64. The molecule has 0 aliphatic rings. The Morgan fingerprint density at radius 3 is 2.29 bits per heavy atom. The van der Waals surface area contributed by atoms with Crippen molar-refractivity contribution >= 4 is 0 Å². The van der Waals surface area contributed by atoms with E-state index in [1.165, 1.54) is 4.90 Å². The van der Waals surface area contributed by atoms with E-state index in [9.17, 15) is 13.2 Å². The molecule has 2 N–H and O–H groups in total. The number of nitrogens with two attached hydrogens (primary N) is 1. The van der Waals surface area contributed by atoms with E-state index >= 15 is 0 Å². The van der Waals surface area contributed by atoms with Crippen LogP contribution in [0, 0.1) is 0 Å². The lowest BCUT2D eigenvalue weighted by Crippen LogP contribution is -2.38. The van der Waals surface area contributed by atoms with Gasteiger partial charge in [0.25, 0.3) is 0 Å². The van der Waals surface area contributed by atoms with E-state index in [-0.39, 0.29) is 6.54 Å². The summed E-state index contributed by atoms with van der Waals surface area (Å²) in [5.41, 5.74) is 6.74. The Morgan fingerprint density at radius 2 is 1.82 bits per heavy atom. The first kappa shape index (κ1) is 14.0. The number of hydrogen-bond acceptors (Lipinski definition) is 2. The SMILES string of the molecule is CCN(CC(N)c1ccccc1)CC(F)(F)F. The summed E-state index contributed by atoms with van der Waals surface area (Å²) in [5.74, 6) is 0. The Labute approximate surface area is 99.2 Å². The van der Waals surface area contributed by atoms with Gasteiger partial charge in [-0.3, -0.25) is 4.90 Å². The molecule has 1 aromatic rings. The average Bonchev–Trinajstić information content (AvgIpc) is 2.27. The van der Waals surface area contributed by atoms with E-state index in [0.29, 0.717) is 6.54 Å². The van der Waals surface area contributed by atoms with Crippen molar-refractivity contribution in [3.63, 3.8) is 0 Å². The minimum Gasteiger partial charge on any atom is -0.323 e. The predicted octanol–water partition coefficient (Wildman–Crippen LogP) is 2.57. The Hall–Kier alpha value is -1.07. The molecule has 0 radical (unpaired) electrons. The van der Waals surface area contributed by atoms with Crippen molar-refractivity contribution in [2.24, 2.45) is 5.73 Å². The van der Waals surface area contributed by atoms with E-state index in [2.05, 4.69) is 0 Å². The molecule has 0 amide bonds. The van der Waals surface area contributed by atoms with Gasteiger partial charge in [-0.05, 0) is 12.1 Å². The van der Waals surface area contributed by atoms with E-state index in [1.54, 1.807) is 6.92 Å². The quantitative estimate of drug-likeness (QED) is 0.865. The van der Waals surface area contributed by atoms with Gasteiger partial charge >= 0.3 is 6.18 Å². The van der Waals surface area contributed by atoms with Gasteiger partial charge in [-0.15, -0.1) is 0 Å². The van der Waals surface area contributed by atoms with Gasteiger partial charge in [0.2, 0.25) is 0 Å². The number of hydrogen-bond donors (Lipinski definition) is 1. The second-order valence-electron chi connectivity index (χ2n) is 3.96. The number of alkyl halides is 3. The molecular weight excluding hydrogens is 229 g/mol. The van der Waals surface area contributed by atoms with Gasteiger partial charge < -0.3 is 5.73 Å². The number of rotatable bonds is 5. The Balaban J connectivity index is 2.57. The highest BCUT2D eigenvalue weighted by Gasteiger charge is 2.30. The number of likely N-dealkylation sites (N-methyl/N-ethyl adjacent to an activating group) is 1. The Morgan fingerprint density at radius 1 is 1.24 bits per heavy atom. The summed E-state index contributed by atoms with van der Waals surface area (Å²) in [5, 5.41) is 0. The van der Waals surface area contributed by atoms with Crippen LogP contribution in [0.15, 0.2) is 30.3 Å². The standard InChI is InChI=1S/C12H17F3N2/c1-2-17(9-12(13,14)15)8-11(16)10-6-4-3-5-7-10/h3-7,11H,2,8-9,16H2,1H3. The van der Waals surface area contributed by atoms with Gasteiger partial charge in [0, 0.05) is 12.6 Å². The zero-order valence-electron chi connectivity index (χ0n) is 9.74. The van der Waals surface area contributed by atoms with Crippen molar-refractivity contribution in [2.45, 2.75) is 19.1 Å². The molecule has 0 aliphatic carbocycles. The van der Waals surface area contributed by atoms with E-state index in [1.807, 2.05) is 30.3 Å². The van der Waals surface area contributed by atoms with Crippen LogP contribution in [0.5, 0.6) is 0 Å². The fraction of sp³-hybridized carbons (Fsp3) is 0.500. The van der Waals surface area contributed by atoms with Crippen LogP contribution >= 0.6 is 0 Å². The van der Waals surface area contributed by atoms with Crippen LogP contribution < -0.4 is 5.73 Å². The van der Waals surface area contributed by atoms with Crippen LogP contribution in [-0.2, 0) is 0 Å². The number of nitrogens with zero attached hydrogens (tertiary/aromatic N) is 1. The highest BCUT2D eigenvalue weighted by Crippen LogP contribution is 2.18. The summed E-state index contributed by atoms with van der Waals surface area (Å²) in [6.07, 6.45) is -4.17. The molecule has 0 bridgehead atoms. The van der Waals surface area contributed by atoms with Crippen LogP contribution in [0.25, 0.3) is 0 Å². The van der Waals surface area contributed by atoms with Crippen LogP contribution in [0.1, 0.15) is 18.5 Å². The number of halogens is 3. The molecule has 0 heterocycles. The van der Waals surface area contributed by atoms with Crippen molar-refractivity contribution < 1.29 is 13.2 Å². The van der Waals surface area contributed by atoms with Gasteiger partial charge in [0.15, 0.2) is 0 Å². The lowest BCUT2D eigenvalue weighted by molar-refractivity contribution is -0.145. The minimum atomic E-state index is -4.17. The molecule has 0 saturated carbocycles. The summed E-state index contributed by atoms with van der Waals surface area (Å²) >= 11 is 0. The zero-order chi connectivity index (χ0) is 12.9.